The van der Waals surface area contributed by atoms with Crippen molar-refractivity contribution in [1.82, 2.24) is 0 Å². The fourth-order valence-corrected chi connectivity index (χ4v) is 2.69. The third-order valence-electron chi connectivity index (χ3n) is 4.87. The Balaban J connectivity index is 3.34. The van der Waals surface area contributed by atoms with Gasteiger partial charge in [0.2, 0.25) is 0 Å². The fourth-order valence-electron chi connectivity index (χ4n) is 2.69. The second-order valence-corrected chi connectivity index (χ2v) is 6.88. The summed E-state index contributed by atoms with van der Waals surface area (Å²) in [6.45, 7) is 11.9. The van der Waals surface area contributed by atoms with Gasteiger partial charge in [-0.15, -0.1) is 0 Å². The quantitative estimate of drug-likeness (QED) is 0.329. The summed E-state index contributed by atoms with van der Waals surface area (Å²) in [5, 5.41) is 0. The van der Waals surface area contributed by atoms with Gasteiger partial charge in [-0.3, -0.25) is 0 Å². The Bertz CT molecular complexity index is 169. The first-order valence-electron chi connectivity index (χ1n) is 8.54. The summed E-state index contributed by atoms with van der Waals surface area (Å²) in [6, 6.07) is 0. The van der Waals surface area contributed by atoms with Gasteiger partial charge in [-0.25, -0.2) is 0 Å². The Hall–Kier alpha value is 0. The molecule has 0 nitrogen and oxygen atoms in total. The van der Waals surface area contributed by atoms with Crippen LogP contribution in [0.2, 0.25) is 0 Å². The molecule has 1 atom stereocenters. The summed E-state index contributed by atoms with van der Waals surface area (Å²) < 4.78 is 0. The lowest BCUT2D eigenvalue weighted by Gasteiger charge is -2.31. The van der Waals surface area contributed by atoms with Crippen LogP contribution < -0.4 is 0 Å². The zero-order valence-corrected chi connectivity index (χ0v) is 13.9. The molecule has 1 unspecified atom stereocenters. The highest BCUT2D eigenvalue weighted by Crippen LogP contribution is 2.34. The van der Waals surface area contributed by atoms with Crippen molar-refractivity contribution in [2.75, 3.05) is 0 Å². The lowest BCUT2D eigenvalue weighted by atomic mass is 9.75. The first kappa shape index (κ1) is 18.0. The first-order valence-corrected chi connectivity index (χ1v) is 8.54. The number of hydrogen-bond acceptors (Lipinski definition) is 0. The van der Waals surface area contributed by atoms with Gasteiger partial charge >= 0.3 is 0 Å². The Morgan fingerprint density at radius 2 is 1.17 bits per heavy atom. The third-order valence-corrected chi connectivity index (χ3v) is 4.87. The number of rotatable bonds is 12. The van der Waals surface area contributed by atoms with Crippen molar-refractivity contribution in [2.24, 2.45) is 11.3 Å². The maximum Gasteiger partial charge on any atom is -0.0329 e. The van der Waals surface area contributed by atoms with Crippen LogP contribution in [0.15, 0.2) is 0 Å². The van der Waals surface area contributed by atoms with Gasteiger partial charge in [-0.05, 0) is 17.8 Å². The van der Waals surface area contributed by atoms with Gasteiger partial charge in [-0.1, -0.05) is 98.8 Å². The second-order valence-electron chi connectivity index (χ2n) is 6.88. The van der Waals surface area contributed by atoms with E-state index in [9.17, 15) is 0 Å². The third kappa shape index (κ3) is 9.00. The van der Waals surface area contributed by atoms with E-state index in [1.54, 1.807) is 0 Å². The highest BCUT2D eigenvalue weighted by molar-refractivity contribution is 4.74. The van der Waals surface area contributed by atoms with E-state index in [0.29, 0.717) is 5.41 Å². The minimum absolute atomic E-state index is 0.551. The minimum Gasteiger partial charge on any atom is -0.0654 e. The standard InChI is InChI=1S/C18H38/c1-6-8-9-10-11-12-13-14-15-16-18(4,5)17(3)7-2/h17H,6-16H2,1-5H3. The predicted octanol–water partition coefficient (Wildman–Crippen LogP) is 6.98. The van der Waals surface area contributed by atoms with Crippen molar-refractivity contribution in [3.8, 4) is 0 Å². The summed E-state index contributed by atoms with van der Waals surface area (Å²) in [5.41, 5.74) is 0.551. The van der Waals surface area contributed by atoms with Gasteiger partial charge in [0.25, 0.3) is 0 Å². The lowest BCUT2D eigenvalue weighted by Crippen LogP contribution is -2.20. The molecule has 110 valence electrons. The van der Waals surface area contributed by atoms with Crippen molar-refractivity contribution in [3.63, 3.8) is 0 Å². The average Bonchev–Trinajstić information content (AvgIpc) is 2.35. The van der Waals surface area contributed by atoms with Gasteiger partial charge in [0.15, 0.2) is 0 Å². The molecule has 0 aromatic carbocycles. The molecule has 0 heterocycles. The van der Waals surface area contributed by atoms with Crippen molar-refractivity contribution in [2.45, 2.75) is 105 Å². The van der Waals surface area contributed by atoms with Crippen LogP contribution in [-0.4, -0.2) is 0 Å². The Kier molecular flexibility index (Phi) is 10.9. The highest BCUT2D eigenvalue weighted by atomic mass is 14.3. The van der Waals surface area contributed by atoms with Crippen molar-refractivity contribution in [3.05, 3.63) is 0 Å². The first-order chi connectivity index (χ1) is 8.54. The van der Waals surface area contributed by atoms with Crippen LogP contribution in [0, 0.1) is 11.3 Å². The molecule has 0 fully saturated rings. The Labute approximate surface area is 117 Å². The molecule has 0 aliphatic rings. The summed E-state index contributed by atoms with van der Waals surface area (Å²) in [6.07, 6.45) is 15.7. The predicted molar refractivity (Wildman–Crippen MR) is 85.1 cm³/mol. The van der Waals surface area contributed by atoms with Gasteiger partial charge < -0.3 is 0 Å². The van der Waals surface area contributed by atoms with Crippen LogP contribution in [0.25, 0.3) is 0 Å². The summed E-state index contributed by atoms with van der Waals surface area (Å²) >= 11 is 0. The van der Waals surface area contributed by atoms with E-state index in [4.69, 9.17) is 0 Å². The summed E-state index contributed by atoms with van der Waals surface area (Å²) in [7, 11) is 0. The van der Waals surface area contributed by atoms with E-state index in [1.165, 1.54) is 70.6 Å². The molecule has 0 aliphatic carbocycles. The van der Waals surface area contributed by atoms with Crippen molar-refractivity contribution < 1.29 is 0 Å². The van der Waals surface area contributed by atoms with E-state index in [2.05, 4.69) is 34.6 Å². The average molecular weight is 255 g/mol. The summed E-state index contributed by atoms with van der Waals surface area (Å²) in [4.78, 5) is 0. The fraction of sp³-hybridized carbons (Fsp3) is 1.00. The van der Waals surface area contributed by atoms with Crippen LogP contribution in [0.1, 0.15) is 105 Å². The maximum absolute atomic E-state index is 2.45. The normalized spacial score (nSPS) is 13.8. The Morgan fingerprint density at radius 3 is 1.61 bits per heavy atom. The summed E-state index contributed by atoms with van der Waals surface area (Å²) in [5.74, 6) is 0.867. The van der Waals surface area contributed by atoms with Crippen molar-refractivity contribution in [1.29, 1.82) is 0 Å². The highest BCUT2D eigenvalue weighted by Gasteiger charge is 2.23. The van der Waals surface area contributed by atoms with E-state index >= 15 is 0 Å². The van der Waals surface area contributed by atoms with E-state index < -0.39 is 0 Å². The monoisotopic (exact) mass is 254 g/mol. The van der Waals surface area contributed by atoms with Crippen LogP contribution in [0.3, 0.4) is 0 Å². The van der Waals surface area contributed by atoms with E-state index in [1.807, 2.05) is 0 Å². The van der Waals surface area contributed by atoms with Crippen LogP contribution in [-0.2, 0) is 0 Å². The van der Waals surface area contributed by atoms with Crippen molar-refractivity contribution >= 4 is 0 Å². The Morgan fingerprint density at radius 1 is 0.722 bits per heavy atom. The van der Waals surface area contributed by atoms with Crippen LogP contribution in [0.4, 0.5) is 0 Å². The zero-order chi connectivity index (χ0) is 13.9. The molecule has 0 aromatic rings. The molecule has 18 heavy (non-hydrogen) atoms. The molecule has 0 heteroatoms. The van der Waals surface area contributed by atoms with Crippen LogP contribution in [0.5, 0.6) is 0 Å². The molecule has 0 aromatic heterocycles. The second kappa shape index (κ2) is 10.9. The van der Waals surface area contributed by atoms with Gasteiger partial charge in [0.1, 0.15) is 0 Å². The molecule has 0 N–H and O–H groups in total. The van der Waals surface area contributed by atoms with E-state index in [0.717, 1.165) is 5.92 Å². The molecular weight excluding hydrogens is 216 g/mol. The molecule has 0 spiro atoms. The minimum atomic E-state index is 0.551. The molecule has 0 amide bonds. The molecule has 0 saturated heterocycles. The largest absolute Gasteiger partial charge is 0.0654 e. The number of unbranched alkanes of at least 4 members (excludes halogenated alkanes) is 8. The molecule has 0 radical (unpaired) electrons. The lowest BCUT2D eigenvalue weighted by molar-refractivity contribution is 0.199. The molecular formula is C18H38. The van der Waals surface area contributed by atoms with Gasteiger partial charge in [-0.2, -0.15) is 0 Å². The van der Waals surface area contributed by atoms with Gasteiger partial charge in [0.05, 0.1) is 0 Å². The molecule has 0 aliphatic heterocycles. The van der Waals surface area contributed by atoms with Gasteiger partial charge in [0, 0.05) is 0 Å². The molecule has 0 rings (SSSR count). The number of hydrogen-bond donors (Lipinski definition) is 0. The van der Waals surface area contributed by atoms with Crippen LogP contribution >= 0.6 is 0 Å². The SMILES string of the molecule is CCCCCCCCCCCC(C)(C)C(C)CC. The smallest absolute Gasteiger partial charge is 0.0329 e. The van der Waals surface area contributed by atoms with E-state index in [-0.39, 0.29) is 0 Å². The molecule has 0 saturated carbocycles. The maximum atomic E-state index is 2.45. The molecule has 0 bridgehead atoms. The topological polar surface area (TPSA) is 0 Å². The zero-order valence-electron chi connectivity index (χ0n) is 13.9.